The highest BCUT2D eigenvalue weighted by Gasteiger charge is 2.26. The van der Waals surface area contributed by atoms with Gasteiger partial charge >= 0.3 is 0 Å². The summed E-state index contributed by atoms with van der Waals surface area (Å²) in [6.45, 7) is 0.694. The first kappa shape index (κ1) is 13.7. The van der Waals surface area contributed by atoms with Crippen molar-refractivity contribution >= 4 is 22.5 Å². The van der Waals surface area contributed by atoms with Crippen LogP contribution in [0.4, 0.5) is 0 Å². The molecule has 0 radical (unpaired) electrons. The van der Waals surface area contributed by atoms with Gasteiger partial charge in [-0.15, -0.1) is 0 Å². The van der Waals surface area contributed by atoms with Crippen molar-refractivity contribution < 1.29 is 4.74 Å². The molecule has 4 heteroatoms. The van der Waals surface area contributed by atoms with E-state index in [0.29, 0.717) is 17.5 Å². The van der Waals surface area contributed by atoms with Crippen LogP contribution < -0.4 is 10.5 Å². The van der Waals surface area contributed by atoms with Crippen molar-refractivity contribution in [2.24, 2.45) is 11.7 Å². The second-order valence-corrected chi connectivity index (χ2v) is 5.84. The van der Waals surface area contributed by atoms with Crippen LogP contribution in [0.5, 0.6) is 5.75 Å². The number of hydrogen-bond donors (Lipinski definition) is 1. The Kier molecular flexibility index (Phi) is 4.08. The summed E-state index contributed by atoms with van der Waals surface area (Å²) in [4.78, 5) is 4.35. The van der Waals surface area contributed by atoms with E-state index in [-0.39, 0.29) is 6.10 Å². The van der Waals surface area contributed by atoms with Crippen molar-refractivity contribution in [3.05, 3.63) is 35.5 Å². The smallest absolute Gasteiger partial charge is 0.130 e. The molecule has 0 saturated heterocycles. The maximum absolute atomic E-state index is 6.25. The summed E-state index contributed by atoms with van der Waals surface area (Å²) in [7, 11) is 0. The van der Waals surface area contributed by atoms with E-state index in [2.05, 4.69) is 4.98 Å². The minimum Gasteiger partial charge on any atom is -0.489 e. The van der Waals surface area contributed by atoms with Gasteiger partial charge < -0.3 is 10.5 Å². The van der Waals surface area contributed by atoms with Crippen LogP contribution in [0.2, 0.25) is 5.02 Å². The van der Waals surface area contributed by atoms with Crippen LogP contribution in [0.15, 0.2) is 30.5 Å². The van der Waals surface area contributed by atoms with Gasteiger partial charge in [-0.3, -0.25) is 4.98 Å². The molecular formula is C16H19ClN2O. The third-order valence-corrected chi connectivity index (χ3v) is 4.32. The van der Waals surface area contributed by atoms with Crippen molar-refractivity contribution in [3.63, 3.8) is 0 Å². The molecule has 1 heterocycles. The Hall–Kier alpha value is -1.32. The zero-order valence-electron chi connectivity index (χ0n) is 11.4. The number of halogens is 1. The normalized spacial score (nSPS) is 22.9. The second-order valence-electron chi connectivity index (χ2n) is 5.41. The fraction of sp³-hybridized carbons (Fsp3) is 0.438. The molecular weight excluding hydrogens is 272 g/mol. The number of rotatable bonds is 3. The van der Waals surface area contributed by atoms with Gasteiger partial charge in [-0.25, -0.2) is 0 Å². The molecule has 0 aliphatic heterocycles. The first-order valence-corrected chi connectivity index (χ1v) is 7.56. The Labute approximate surface area is 124 Å². The van der Waals surface area contributed by atoms with Crippen LogP contribution in [0.3, 0.4) is 0 Å². The van der Waals surface area contributed by atoms with Gasteiger partial charge in [-0.05, 0) is 50.1 Å². The minimum atomic E-state index is 0.218. The van der Waals surface area contributed by atoms with E-state index in [1.54, 1.807) is 6.20 Å². The molecule has 0 bridgehead atoms. The van der Waals surface area contributed by atoms with Crippen molar-refractivity contribution in [1.82, 2.24) is 4.98 Å². The maximum atomic E-state index is 6.25. The highest BCUT2D eigenvalue weighted by atomic mass is 35.5. The molecule has 1 aromatic carbocycles. The Bertz CT molecular complexity index is 602. The predicted molar refractivity (Wildman–Crippen MR) is 82.2 cm³/mol. The summed E-state index contributed by atoms with van der Waals surface area (Å²) in [5.41, 5.74) is 6.74. The molecule has 2 N–H and O–H groups in total. The summed E-state index contributed by atoms with van der Waals surface area (Å²) < 4.78 is 6.25. The number of nitrogens with zero attached hydrogens (tertiary/aromatic N) is 1. The summed E-state index contributed by atoms with van der Waals surface area (Å²) in [5, 5.41) is 1.71. The number of fused-ring (bicyclic) bond motifs is 1. The Morgan fingerprint density at radius 2 is 2.10 bits per heavy atom. The van der Waals surface area contributed by atoms with E-state index in [4.69, 9.17) is 22.1 Å². The fourth-order valence-corrected chi connectivity index (χ4v) is 3.13. The lowest BCUT2D eigenvalue weighted by atomic mass is 9.86. The van der Waals surface area contributed by atoms with Crippen LogP contribution in [0.25, 0.3) is 10.9 Å². The van der Waals surface area contributed by atoms with Crippen LogP contribution in [0.1, 0.15) is 25.7 Å². The van der Waals surface area contributed by atoms with Gasteiger partial charge in [0, 0.05) is 22.5 Å². The molecule has 1 aliphatic rings. The molecule has 106 valence electrons. The van der Waals surface area contributed by atoms with Gasteiger partial charge in [-0.2, -0.15) is 0 Å². The molecule has 3 nitrogen and oxygen atoms in total. The number of hydrogen-bond acceptors (Lipinski definition) is 3. The van der Waals surface area contributed by atoms with E-state index < -0.39 is 0 Å². The van der Waals surface area contributed by atoms with E-state index in [1.807, 2.05) is 24.3 Å². The number of benzene rings is 1. The largest absolute Gasteiger partial charge is 0.489 e. The molecule has 0 spiro atoms. The lowest BCUT2D eigenvalue weighted by molar-refractivity contribution is 0.0985. The van der Waals surface area contributed by atoms with Gasteiger partial charge in [0.15, 0.2) is 0 Å². The zero-order valence-corrected chi connectivity index (χ0v) is 12.1. The highest BCUT2D eigenvalue weighted by molar-refractivity contribution is 6.31. The molecule has 2 unspecified atom stereocenters. The Morgan fingerprint density at radius 1 is 1.25 bits per heavy atom. The van der Waals surface area contributed by atoms with Gasteiger partial charge in [-0.1, -0.05) is 18.0 Å². The summed E-state index contributed by atoms with van der Waals surface area (Å²) in [5.74, 6) is 1.34. The van der Waals surface area contributed by atoms with E-state index in [9.17, 15) is 0 Å². The molecule has 20 heavy (non-hydrogen) atoms. The van der Waals surface area contributed by atoms with Gasteiger partial charge in [0.05, 0.1) is 5.52 Å². The quantitative estimate of drug-likeness (QED) is 0.936. The average molecular weight is 291 g/mol. The number of pyridine rings is 1. The number of nitrogens with two attached hydrogens (primary N) is 1. The lowest BCUT2D eigenvalue weighted by Crippen LogP contribution is -2.35. The molecule has 2 atom stereocenters. The van der Waals surface area contributed by atoms with Crippen molar-refractivity contribution in [3.8, 4) is 5.75 Å². The third kappa shape index (κ3) is 2.74. The van der Waals surface area contributed by atoms with Crippen LogP contribution in [-0.2, 0) is 0 Å². The second kappa shape index (κ2) is 5.98. The van der Waals surface area contributed by atoms with E-state index in [1.165, 1.54) is 12.8 Å². The molecule has 1 aliphatic carbocycles. The van der Waals surface area contributed by atoms with Crippen LogP contribution >= 0.6 is 11.6 Å². The topological polar surface area (TPSA) is 48.1 Å². The zero-order chi connectivity index (χ0) is 13.9. The highest BCUT2D eigenvalue weighted by Crippen LogP contribution is 2.32. The summed E-state index contributed by atoms with van der Waals surface area (Å²) in [6.07, 6.45) is 6.71. The molecule has 1 saturated carbocycles. The third-order valence-electron chi connectivity index (χ3n) is 4.09. The Morgan fingerprint density at radius 3 is 2.95 bits per heavy atom. The fourth-order valence-electron chi connectivity index (χ4n) is 2.96. The van der Waals surface area contributed by atoms with Crippen molar-refractivity contribution in [2.45, 2.75) is 31.8 Å². The number of aromatic nitrogens is 1. The molecule has 1 aromatic heterocycles. The summed E-state index contributed by atoms with van der Waals surface area (Å²) >= 11 is 6.01. The van der Waals surface area contributed by atoms with Crippen LogP contribution in [0, 0.1) is 5.92 Å². The molecule has 0 amide bonds. The predicted octanol–water partition coefficient (Wildman–Crippen LogP) is 3.78. The molecule has 2 aromatic rings. The van der Waals surface area contributed by atoms with Gasteiger partial charge in [0.2, 0.25) is 0 Å². The maximum Gasteiger partial charge on any atom is 0.130 e. The van der Waals surface area contributed by atoms with E-state index in [0.717, 1.165) is 29.5 Å². The van der Waals surface area contributed by atoms with Gasteiger partial charge in [0.25, 0.3) is 0 Å². The first-order valence-electron chi connectivity index (χ1n) is 7.19. The molecule has 1 fully saturated rings. The minimum absolute atomic E-state index is 0.218. The Balaban J connectivity index is 1.90. The monoisotopic (exact) mass is 290 g/mol. The standard InChI is InChI=1S/C16H19ClN2O/c17-12-5-6-13-14(9-12)19-8-7-16(13)20-15-4-2-1-3-11(15)10-18/h5-9,11,15H,1-4,10,18H2. The summed E-state index contributed by atoms with van der Waals surface area (Å²) in [6, 6.07) is 7.64. The van der Waals surface area contributed by atoms with Crippen molar-refractivity contribution in [1.29, 1.82) is 0 Å². The molecule has 3 rings (SSSR count). The van der Waals surface area contributed by atoms with Crippen molar-refractivity contribution in [2.75, 3.05) is 6.54 Å². The van der Waals surface area contributed by atoms with Gasteiger partial charge in [0.1, 0.15) is 11.9 Å². The lowest BCUT2D eigenvalue weighted by Gasteiger charge is -2.31. The average Bonchev–Trinajstić information content (AvgIpc) is 2.47. The van der Waals surface area contributed by atoms with Crippen LogP contribution in [-0.4, -0.2) is 17.6 Å². The first-order chi connectivity index (χ1) is 9.78. The number of ether oxygens (including phenoxy) is 1. The SMILES string of the molecule is NCC1CCCCC1Oc1ccnc2cc(Cl)ccc12. The van der Waals surface area contributed by atoms with E-state index >= 15 is 0 Å².